The zero-order valence-electron chi connectivity index (χ0n) is 13.2. The van der Waals surface area contributed by atoms with Crippen LogP contribution in [0.2, 0.25) is 0 Å². The summed E-state index contributed by atoms with van der Waals surface area (Å²) in [5.41, 5.74) is -1.68. The molecule has 0 fully saturated rings. The fraction of sp³-hybridized carbons (Fsp3) is 0.357. The Bertz CT molecular complexity index is 946. The highest BCUT2D eigenvalue weighted by atomic mass is 32.2. The van der Waals surface area contributed by atoms with Gasteiger partial charge in [-0.2, -0.15) is 18.3 Å². The third kappa shape index (κ3) is 3.49. The summed E-state index contributed by atoms with van der Waals surface area (Å²) < 4.78 is 68.1. The van der Waals surface area contributed by atoms with Gasteiger partial charge in [-0.15, -0.1) is 0 Å². The second-order valence-corrected chi connectivity index (χ2v) is 7.39. The Morgan fingerprint density at radius 2 is 1.96 bits per heavy atom. The highest BCUT2D eigenvalue weighted by molar-refractivity contribution is 7.92. The number of rotatable bonds is 4. The van der Waals surface area contributed by atoms with Crippen LogP contribution >= 0.6 is 0 Å². The molecule has 1 aromatic carbocycles. The van der Waals surface area contributed by atoms with Crippen molar-refractivity contribution in [2.45, 2.75) is 36.9 Å². The predicted molar refractivity (Wildman–Crippen MR) is 84.1 cm³/mol. The Hall–Kier alpha value is -2.63. The van der Waals surface area contributed by atoms with Crippen molar-refractivity contribution in [2.75, 3.05) is 4.72 Å². The van der Waals surface area contributed by atoms with Gasteiger partial charge in [0.25, 0.3) is 15.7 Å². The summed E-state index contributed by atoms with van der Waals surface area (Å²) in [6.07, 6.45) is -2.59. The molecule has 140 valence electrons. The predicted octanol–water partition coefficient (Wildman–Crippen LogP) is 2.95. The van der Waals surface area contributed by atoms with Crippen LogP contribution in [0.1, 0.15) is 24.1 Å². The summed E-state index contributed by atoms with van der Waals surface area (Å²) in [5, 5.41) is 14.7. The fourth-order valence-electron chi connectivity index (χ4n) is 2.75. The van der Waals surface area contributed by atoms with E-state index in [-0.39, 0.29) is 11.9 Å². The maximum Gasteiger partial charge on any atom is 0.417 e. The average Bonchev–Trinajstić information content (AvgIpc) is 2.94. The lowest BCUT2D eigenvalue weighted by molar-refractivity contribution is -0.385. The SMILES string of the molecule is O=[N+]([O-])c1ccc(S(=O)(=O)Nc2cc3n(n2)CCCC3)c(C(F)(F)F)c1. The molecular weight excluding hydrogens is 377 g/mol. The Morgan fingerprint density at radius 1 is 1.23 bits per heavy atom. The zero-order valence-corrected chi connectivity index (χ0v) is 14.0. The van der Waals surface area contributed by atoms with Crippen molar-refractivity contribution in [1.82, 2.24) is 9.78 Å². The van der Waals surface area contributed by atoms with Crippen molar-refractivity contribution in [3.8, 4) is 0 Å². The normalized spacial score (nSPS) is 14.7. The van der Waals surface area contributed by atoms with Crippen LogP contribution in [0.25, 0.3) is 0 Å². The number of anilines is 1. The fourth-order valence-corrected chi connectivity index (χ4v) is 3.94. The molecule has 0 saturated heterocycles. The van der Waals surface area contributed by atoms with Crippen molar-refractivity contribution in [3.05, 3.63) is 45.6 Å². The molecule has 0 amide bonds. The number of benzene rings is 1. The van der Waals surface area contributed by atoms with Gasteiger partial charge in [0.15, 0.2) is 5.82 Å². The summed E-state index contributed by atoms with van der Waals surface area (Å²) in [6.45, 7) is 0.600. The largest absolute Gasteiger partial charge is 0.417 e. The lowest BCUT2D eigenvalue weighted by Gasteiger charge is -2.13. The van der Waals surface area contributed by atoms with E-state index in [1.807, 2.05) is 4.72 Å². The van der Waals surface area contributed by atoms with Crippen LogP contribution in [0, 0.1) is 10.1 Å². The van der Waals surface area contributed by atoms with E-state index in [1.54, 1.807) is 4.68 Å². The molecule has 12 heteroatoms. The molecule has 0 radical (unpaired) electrons. The molecule has 8 nitrogen and oxygen atoms in total. The van der Waals surface area contributed by atoms with Crippen molar-refractivity contribution in [1.29, 1.82) is 0 Å². The van der Waals surface area contributed by atoms with Crippen LogP contribution in [0.5, 0.6) is 0 Å². The number of fused-ring (bicyclic) bond motifs is 1. The number of sulfonamides is 1. The van der Waals surface area contributed by atoms with Crippen LogP contribution in [-0.2, 0) is 29.2 Å². The first kappa shape index (κ1) is 18.2. The number of nitro benzene ring substituents is 1. The van der Waals surface area contributed by atoms with Gasteiger partial charge in [0.2, 0.25) is 0 Å². The average molecular weight is 390 g/mol. The number of hydrogen-bond donors (Lipinski definition) is 1. The number of alkyl halides is 3. The lowest BCUT2D eigenvalue weighted by atomic mass is 10.1. The van der Waals surface area contributed by atoms with E-state index in [0.717, 1.165) is 18.5 Å². The van der Waals surface area contributed by atoms with E-state index in [9.17, 15) is 31.7 Å². The van der Waals surface area contributed by atoms with Crippen LogP contribution < -0.4 is 4.72 Å². The molecule has 0 aliphatic carbocycles. The number of non-ortho nitro benzene ring substituents is 1. The number of nitrogens with zero attached hydrogens (tertiary/aromatic N) is 3. The first-order valence-electron chi connectivity index (χ1n) is 7.53. The minimum atomic E-state index is -5.08. The molecule has 1 N–H and O–H groups in total. The molecule has 3 rings (SSSR count). The van der Waals surface area contributed by atoms with Crippen molar-refractivity contribution in [3.63, 3.8) is 0 Å². The van der Waals surface area contributed by atoms with Gasteiger partial charge in [-0.05, 0) is 25.3 Å². The van der Waals surface area contributed by atoms with Gasteiger partial charge in [0, 0.05) is 30.4 Å². The molecule has 26 heavy (non-hydrogen) atoms. The maximum atomic E-state index is 13.2. The van der Waals surface area contributed by atoms with E-state index in [0.29, 0.717) is 25.1 Å². The number of aryl methyl sites for hydroxylation is 2. The summed E-state index contributed by atoms with van der Waals surface area (Å²) in [4.78, 5) is 8.58. The van der Waals surface area contributed by atoms with E-state index < -0.39 is 37.3 Å². The molecule has 2 heterocycles. The third-order valence-corrected chi connectivity index (χ3v) is 5.34. The second-order valence-electron chi connectivity index (χ2n) is 5.74. The van der Waals surface area contributed by atoms with E-state index in [1.165, 1.54) is 6.07 Å². The lowest BCUT2D eigenvalue weighted by Crippen LogP contribution is -2.19. The topological polar surface area (TPSA) is 107 Å². The molecule has 1 aliphatic rings. The van der Waals surface area contributed by atoms with E-state index in [4.69, 9.17) is 0 Å². The summed E-state index contributed by atoms with van der Waals surface area (Å²) >= 11 is 0. The molecule has 0 saturated carbocycles. The van der Waals surface area contributed by atoms with Gasteiger partial charge in [0.05, 0.1) is 10.5 Å². The zero-order chi connectivity index (χ0) is 19.1. The number of halogens is 3. The standard InChI is InChI=1S/C14H13F3N4O4S/c15-14(16,17)11-7-10(21(22)23)4-5-12(11)26(24,25)19-13-8-9-3-1-2-6-20(9)18-13/h4-5,7-8H,1-3,6H2,(H,18,19). The first-order valence-corrected chi connectivity index (χ1v) is 9.01. The minimum Gasteiger partial charge on any atom is -0.267 e. The van der Waals surface area contributed by atoms with Crippen LogP contribution in [0.3, 0.4) is 0 Å². The minimum absolute atomic E-state index is 0.0895. The van der Waals surface area contributed by atoms with E-state index >= 15 is 0 Å². The Labute approximate surface area is 145 Å². The molecule has 0 unspecified atom stereocenters. The molecule has 0 atom stereocenters. The third-order valence-electron chi connectivity index (χ3n) is 3.92. The van der Waals surface area contributed by atoms with Gasteiger partial charge in [-0.3, -0.25) is 19.5 Å². The first-order chi connectivity index (χ1) is 12.1. The van der Waals surface area contributed by atoms with Gasteiger partial charge in [-0.1, -0.05) is 0 Å². The highest BCUT2D eigenvalue weighted by Crippen LogP contribution is 2.37. The van der Waals surface area contributed by atoms with Crippen LogP contribution in [0.4, 0.5) is 24.7 Å². The van der Waals surface area contributed by atoms with Crippen LogP contribution in [-0.4, -0.2) is 23.1 Å². The number of nitrogens with one attached hydrogen (secondary N) is 1. The van der Waals surface area contributed by atoms with E-state index in [2.05, 4.69) is 5.10 Å². The summed E-state index contributed by atoms with van der Waals surface area (Å²) in [7, 11) is -4.64. The van der Waals surface area contributed by atoms with Gasteiger partial charge in [-0.25, -0.2) is 8.42 Å². The Balaban J connectivity index is 2.01. The Kier molecular flexibility index (Phi) is 4.38. The highest BCUT2D eigenvalue weighted by Gasteiger charge is 2.39. The monoisotopic (exact) mass is 390 g/mol. The molecule has 1 aromatic heterocycles. The molecule has 0 spiro atoms. The van der Waals surface area contributed by atoms with Gasteiger partial charge >= 0.3 is 6.18 Å². The number of hydrogen-bond acceptors (Lipinski definition) is 5. The molecule has 0 bridgehead atoms. The quantitative estimate of drug-likeness (QED) is 0.638. The van der Waals surface area contributed by atoms with Gasteiger partial charge < -0.3 is 0 Å². The molecule has 2 aromatic rings. The molecular formula is C14H13F3N4O4S. The van der Waals surface area contributed by atoms with Crippen LogP contribution in [0.15, 0.2) is 29.2 Å². The maximum absolute atomic E-state index is 13.2. The second kappa shape index (κ2) is 6.27. The Morgan fingerprint density at radius 3 is 2.58 bits per heavy atom. The molecule has 1 aliphatic heterocycles. The summed E-state index contributed by atoms with van der Waals surface area (Å²) in [5.74, 6) is -0.0895. The number of aromatic nitrogens is 2. The van der Waals surface area contributed by atoms with Crippen molar-refractivity contribution in [2.24, 2.45) is 0 Å². The summed E-state index contributed by atoms with van der Waals surface area (Å²) in [6, 6.07) is 2.95. The smallest absolute Gasteiger partial charge is 0.267 e. The number of nitro groups is 1. The van der Waals surface area contributed by atoms with Crippen molar-refractivity contribution >= 4 is 21.5 Å². The van der Waals surface area contributed by atoms with Crippen molar-refractivity contribution < 1.29 is 26.5 Å². The van der Waals surface area contributed by atoms with Gasteiger partial charge in [0.1, 0.15) is 4.90 Å².